The second-order valence-electron chi connectivity index (χ2n) is 5.49. The number of halogens is 3. The van der Waals surface area contributed by atoms with Crippen LogP contribution in [0, 0.1) is 0 Å². The molecule has 0 radical (unpaired) electrons. The van der Waals surface area contributed by atoms with Gasteiger partial charge in [-0.3, -0.25) is 4.79 Å². The van der Waals surface area contributed by atoms with E-state index in [1.165, 1.54) is 32.2 Å². The minimum absolute atomic E-state index is 0.111. The van der Waals surface area contributed by atoms with Crippen molar-refractivity contribution in [2.75, 3.05) is 12.4 Å². The maximum Gasteiger partial charge on any atom is 0.416 e. The van der Waals surface area contributed by atoms with E-state index >= 15 is 0 Å². The fourth-order valence-electron chi connectivity index (χ4n) is 2.07. The van der Waals surface area contributed by atoms with Gasteiger partial charge in [-0.25, -0.2) is 4.79 Å². The first-order valence-corrected chi connectivity index (χ1v) is 7.68. The zero-order valence-corrected chi connectivity index (χ0v) is 14.3. The molecule has 9 heteroatoms. The zero-order chi connectivity index (χ0) is 20.2. The summed E-state index contributed by atoms with van der Waals surface area (Å²) in [7, 11) is 1.38. The van der Waals surface area contributed by atoms with Gasteiger partial charge in [-0.1, -0.05) is 0 Å². The van der Waals surface area contributed by atoms with E-state index in [9.17, 15) is 27.9 Å². The van der Waals surface area contributed by atoms with Crippen LogP contribution in [0.3, 0.4) is 0 Å². The topological polar surface area (TPSA) is 84.9 Å². The summed E-state index contributed by atoms with van der Waals surface area (Å²) in [6.07, 6.45) is -5.74. The third-order valence-corrected chi connectivity index (χ3v) is 3.56. The van der Waals surface area contributed by atoms with Gasteiger partial charge in [0.15, 0.2) is 6.10 Å². The van der Waals surface area contributed by atoms with Crippen LogP contribution in [0.25, 0.3) is 0 Å². The number of carbonyl (C=O) groups excluding carboxylic acids is 2. The Hall–Kier alpha value is -3.23. The monoisotopic (exact) mass is 383 g/mol. The van der Waals surface area contributed by atoms with Gasteiger partial charge in [0.05, 0.1) is 12.7 Å². The van der Waals surface area contributed by atoms with Crippen LogP contribution in [-0.4, -0.2) is 30.2 Å². The molecule has 0 spiro atoms. The Kier molecular flexibility index (Phi) is 5.94. The van der Waals surface area contributed by atoms with E-state index < -0.39 is 29.7 Å². The van der Waals surface area contributed by atoms with Crippen LogP contribution in [0.1, 0.15) is 22.8 Å². The second kappa shape index (κ2) is 7.98. The average molecular weight is 383 g/mol. The van der Waals surface area contributed by atoms with Crippen LogP contribution in [0.15, 0.2) is 42.5 Å². The van der Waals surface area contributed by atoms with E-state index in [1.54, 1.807) is 0 Å². The first-order chi connectivity index (χ1) is 12.6. The number of carbonyl (C=O) groups is 2. The van der Waals surface area contributed by atoms with E-state index in [0.717, 1.165) is 24.3 Å². The third-order valence-electron chi connectivity index (χ3n) is 3.56. The summed E-state index contributed by atoms with van der Waals surface area (Å²) in [5.74, 6) is -1.75. The van der Waals surface area contributed by atoms with E-state index in [0.29, 0.717) is 5.75 Å². The molecule has 6 nitrogen and oxygen atoms in total. The highest BCUT2D eigenvalue weighted by atomic mass is 19.4. The number of hydrogen-bond donors (Lipinski definition) is 2. The SMILES string of the molecule is COc1ccc(O)c(C(=O)O[C@@H](C)C(=O)Nc2ccc(C(F)(F)F)cc2)c1. The second-order valence-corrected chi connectivity index (χ2v) is 5.49. The highest BCUT2D eigenvalue weighted by molar-refractivity contribution is 5.98. The standard InChI is InChI=1S/C18H16F3NO5/c1-10(27-17(25)14-9-13(26-2)7-8-15(14)23)16(24)22-12-5-3-11(4-6-12)18(19,20)21/h3-10,23H,1-2H3,(H,22,24)/t10-/m0/s1. The molecule has 0 fully saturated rings. The minimum Gasteiger partial charge on any atom is -0.507 e. The summed E-state index contributed by atoms with van der Waals surface area (Å²) >= 11 is 0. The van der Waals surface area contributed by atoms with Crippen molar-refractivity contribution in [3.63, 3.8) is 0 Å². The molecule has 0 saturated heterocycles. The number of hydrogen-bond acceptors (Lipinski definition) is 5. The highest BCUT2D eigenvalue weighted by Crippen LogP contribution is 2.30. The molecule has 0 aliphatic rings. The van der Waals surface area contributed by atoms with Crippen molar-refractivity contribution in [2.45, 2.75) is 19.2 Å². The van der Waals surface area contributed by atoms with Crippen LogP contribution in [-0.2, 0) is 15.7 Å². The maximum absolute atomic E-state index is 12.5. The van der Waals surface area contributed by atoms with E-state index in [1.807, 2.05) is 0 Å². The Morgan fingerprint density at radius 3 is 2.30 bits per heavy atom. The third kappa shape index (κ3) is 5.13. The number of ether oxygens (including phenoxy) is 2. The van der Waals surface area contributed by atoms with Gasteiger partial charge < -0.3 is 19.9 Å². The molecule has 1 amide bonds. The van der Waals surface area contributed by atoms with Crippen LogP contribution in [0.5, 0.6) is 11.5 Å². The molecule has 27 heavy (non-hydrogen) atoms. The molecule has 2 aromatic carbocycles. The minimum atomic E-state index is -4.48. The molecular weight excluding hydrogens is 367 g/mol. The Balaban J connectivity index is 2.02. The number of alkyl halides is 3. The van der Waals surface area contributed by atoms with Gasteiger partial charge in [-0.05, 0) is 49.4 Å². The lowest BCUT2D eigenvalue weighted by Gasteiger charge is -2.15. The van der Waals surface area contributed by atoms with Gasteiger partial charge in [-0.15, -0.1) is 0 Å². The van der Waals surface area contributed by atoms with Crippen LogP contribution < -0.4 is 10.1 Å². The number of esters is 1. The number of benzene rings is 2. The van der Waals surface area contributed by atoms with Crippen molar-refractivity contribution >= 4 is 17.6 Å². The lowest BCUT2D eigenvalue weighted by atomic mass is 10.2. The molecule has 2 aromatic rings. The normalized spacial score (nSPS) is 12.2. The molecule has 0 bridgehead atoms. The predicted molar refractivity (Wildman–Crippen MR) is 89.6 cm³/mol. The Bertz CT molecular complexity index is 834. The summed E-state index contributed by atoms with van der Waals surface area (Å²) in [4.78, 5) is 24.2. The number of rotatable bonds is 5. The molecule has 0 aliphatic heterocycles. The number of aromatic hydroxyl groups is 1. The molecule has 0 unspecified atom stereocenters. The molecule has 2 rings (SSSR count). The van der Waals surface area contributed by atoms with Gasteiger partial charge in [0, 0.05) is 5.69 Å². The molecule has 0 aromatic heterocycles. The van der Waals surface area contributed by atoms with Crippen molar-refractivity contribution < 1.29 is 37.3 Å². The Morgan fingerprint density at radius 2 is 1.74 bits per heavy atom. The van der Waals surface area contributed by atoms with E-state index in [2.05, 4.69) is 5.32 Å². The van der Waals surface area contributed by atoms with Crippen molar-refractivity contribution in [3.8, 4) is 11.5 Å². The number of methoxy groups -OCH3 is 1. The van der Waals surface area contributed by atoms with Gasteiger partial charge in [0.1, 0.15) is 17.1 Å². The number of anilines is 1. The largest absolute Gasteiger partial charge is 0.507 e. The van der Waals surface area contributed by atoms with Crippen molar-refractivity contribution in [3.05, 3.63) is 53.6 Å². The fourth-order valence-corrected chi connectivity index (χ4v) is 2.07. The van der Waals surface area contributed by atoms with Crippen LogP contribution in [0.4, 0.5) is 18.9 Å². The quantitative estimate of drug-likeness (QED) is 0.771. The fraction of sp³-hybridized carbons (Fsp3) is 0.222. The number of phenolic OH excluding ortho intramolecular Hbond substituents is 1. The first-order valence-electron chi connectivity index (χ1n) is 7.68. The van der Waals surface area contributed by atoms with Crippen LogP contribution in [0.2, 0.25) is 0 Å². The lowest BCUT2D eigenvalue weighted by Crippen LogP contribution is -2.30. The smallest absolute Gasteiger partial charge is 0.416 e. The first kappa shape index (κ1) is 20.1. The molecule has 0 aliphatic carbocycles. The summed E-state index contributed by atoms with van der Waals surface area (Å²) < 4.78 is 47.5. The molecule has 0 saturated carbocycles. The summed E-state index contributed by atoms with van der Waals surface area (Å²) in [6.45, 7) is 1.29. The number of amides is 1. The molecule has 2 N–H and O–H groups in total. The summed E-state index contributed by atoms with van der Waals surface area (Å²) in [5, 5.41) is 12.1. The van der Waals surface area contributed by atoms with Gasteiger partial charge in [0.25, 0.3) is 5.91 Å². The summed E-state index contributed by atoms with van der Waals surface area (Å²) in [5.41, 5.74) is -0.933. The molecular formula is C18H16F3NO5. The van der Waals surface area contributed by atoms with Crippen molar-refractivity contribution in [2.24, 2.45) is 0 Å². The number of nitrogens with one attached hydrogen (secondary N) is 1. The highest BCUT2D eigenvalue weighted by Gasteiger charge is 2.30. The van der Waals surface area contributed by atoms with Gasteiger partial charge >= 0.3 is 12.1 Å². The Labute approximate surface area is 152 Å². The molecule has 1 atom stereocenters. The van der Waals surface area contributed by atoms with Crippen molar-refractivity contribution in [1.82, 2.24) is 0 Å². The molecule has 144 valence electrons. The summed E-state index contributed by atoms with van der Waals surface area (Å²) in [6, 6.07) is 7.74. The van der Waals surface area contributed by atoms with Gasteiger partial charge in [0.2, 0.25) is 0 Å². The molecule has 0 heterocycles. The maximum atomic E-state index is 12.5. The van der Waals surface area contributed by atoms with Crippen LogP contribution >= 0.6 is 0 Å². The van der Waals surface area contributed by atoms with Crippen molar-refractivity contribution in [1.29, 1.82) is 0 Å². The zero-order valence-electron chi connectivity index (χ0n) is 14.3. The lowest BCUT2D eigenvalue weighted by molar-refractivity contribution is -0.137. The average Bonchev–Trinajstić information content (AvgIpc) is 2.61. The Morgan fingerprint density at radius 1 is 1.11 bits per heavy atom. The predicted octanol–water partition coefficient (Wildman–Crippen LogP) is 3.60. The van der Waals surface area contributed by atoms with E-state index in [-0.39, 0.29) is 17.0 Å². The van der Waals surface area contributed by atoms with E-state index in [4.69, 9.17) is 9.47 Å². The van der Waals surface area contributed by atoms with Gasteiger partial charge in [-0.2, -0.15) is 13.2 Å². The number of phenols is 1.